The maximum absolute atomic E-state index is 9.29. The number of aliphatic hydroxyl groups excluding tert-OH is 2. The van der Waals surface area contributed by atoms with E-state index in [4.69, 9.17) is 5.73 Å². The molecule has 1 aromatic heterocycles. The fraction of sp³-hybridized carbons (Fsp3) is 0.545. The lowest BCUT2D eigenvalue weighted by atomic mass is 9.98. The first-order valence-corrected chi connectivity index (χ1v) is 5.34. The summed E-state index contributed by atoms with van der Waals surface area (Å²) in [5, 5.41) is 21.6. The molecule has 0 aliphatic carbocycles. The van der Waals surface area contributed by atoms with Crippen molar-refractivity contribution in [2.75, 3.05) is 18.5 Å². The molecule has 0 saturated heterocycles. The van der Waals surface area contributed by atoms with Crippen LogP contribution in [0.4, 0.5) is 5.82 Å². The number of nitrogens with two attached hydrogens (primary N) is 1. The average Bonchev–Trinajstić information content (AvgIpc) is 2.36. The number of rotatable bonds is 6. The van der Waals surface area contributed by atoms with E-state index in [2.05, 4.69) is 10.3 Å². The van der Waals surface area contributed by atoms with E-state index in [0.29, 0.717) is 18.8 Å². The second-order valence-corrected chi connectivity index (χ2v) is 3.83. The Hall–Kier alpha value is -1.17. The van der Waals surface area contributed by atoms with Crippen molar-refractivity contribution in [2.45, 2.75) is 25.4 Å². The number of nitrogens with one attached hydrogen (secondary N) is 1. The van der Waals surface area contributed by atoms with Gasteiger partial charge in [-0.15, -0.1) is 0 Å². The van der Waals surface area contributed by atoms with E-state index in [-0.39, 0.29) is 13.2 Å². The third-order valence-electron chi connectivity index (χ3n) is 2.74. The van der Waals surface area contributed by atoms with Crippen LogP contribution in [0.15, 0.2) is 18.3 Å². The Morgan fingerprint density at radius 1 is 1.44 bits per heavy atom. The summed E-state index contributed by atoms with van der Waals surface area (Å²) < 4.78 is 0. The number of hydrogen-bond donors (Lipinski definition) is 4. The molecule has 0 spiro atoms. The van der Waals surface area contributed by atoms with Gasteiger partial charge in [-0.3, -0.25) is 0 Å². The molecule has 0 aliphatic heterocycles. The molecule has 5 N–H and O–H groups in total. The van der Waals surface area contributed by atoms with Gasteiger partial charge in [-0.05, 0) is 24.1 Å². The van der Waals surface area contributed by atoms with Crippen molar-refractivity contribution < 1.29 is 10.2 Å². The normalized spacial score (nSPS) is 11.5. The van der Waals surface area contributed by atoms with Gasteiger partial charge in [0.25, 0.3) is 0 Å². The molecule has 0 bridgehead atoms. The summed E-state index contributed by atoms with van der Waals surface area (Å²) in [6.07, 6.45) is 2.26. The zero-order valence-corrected chi connectivity index (χ0v) is 9.48. The predicted octanol–water partition coefficient (Wildman–Crippen LogP) is 0.0856. The lowest BCUT2D eigenvalue weighted by Gasteiger charge is -2.30. The number of pyridine rings is 1. The van der Waals surface area contributed by atoms with Gasteiger partial charge >= 0.3 is 0 Å². The Labute approximate surface area is 95.3 Å². The quantitative estimate of drug-likeness (QED) is 0.550. The second kappa shape index (κ2) is 5.79. The number of nitrogens with zero attached hydrogens (tertiary/aromatic N) is 1. The van der Waals surface area contributed by atoms with Crippen LogP contribution in [-0.2, 0) is 6.54 Å². The smallest absolute Gasteiger partial charge is 0.126 e. The van der Waals surface area contributed by atoms with Crippen LogP contribution in [-0.4, -0.2) is 33.9 Å². The molecule has 0 aliphatic rings. The summed E-state index contributed by atoms with van der Waals surface area (Å²) in [4.78, 5) is 4.13. The van der Waals surface area contributed by atoms with Gasteiger partial charge in [0.2, 0.25) is 0 Å². The molecule has 0 radical (unpaired) electrons. The van der Waals surface area contributed by atoms with E-state index < -0.39 is 5.54 Å². The van der Waals surface area contributed by atoms with E-state index in [0.717, 1.165) is 5.56 Å². The van der Waals surface area contributed by atoms with Gasteiger partial charge in [0.15, 0.2) is 0 Å². The summed E-state index contributed by atoms with van der Waals surface area (Å²) >= 11 is 0. The van der Waals surface area contributed by atoms with E-state index in [1.165, 1.54) is 0 Å². The summed E-state index contributed by atoms with van der Waals surface area (Å²) in [6.45, 7) is 2.05. The lowest BCUT2D eigenvalue weighted by Crippen LogP contribution is -2.45. The molecule has 1 rings (SSSR count). The molecule has 0 fully saturated rings. The number of aliphatic hydroxyl groups is 2. The van der Waals surface area contributed by atoms with E-state index >= 15 is 0 Å². The minimum absolute atomic E-state index is 0.144. The first-order chi connectivity index (χ1) is 7.69. The minimum atomic E-state index is -0.722. The average molecular weight is 225 g/mol. The van der Waals surface area contributed by atoms with Crippen molar-refractivity contribution in [1.82, 2.24) is 4.98 Å². The van der Waals surface area contributed by atoms with Crippen LogP contribution in [0.1, 0.15) is 18.9 Å². The van der Waals surface area contributed by atoms with E-state index in [1.807, 2.05) is 19.1 Å². The Kier molecular flexibility index (Phi) is 4.67. The van der Waals surface area contributed by atoms with Crippen LogP contribution in [0.25, 0.3) is 0 Å². The number of anilines is 1. The molecule has 0 aromatic carbocycles. The van der Waals surface area contributed by atoms with Crippen molar-refractivity contribution in [2.24, 2.45) is 5.73 Å². The number of hydrogen-bond acceptors (Lipinski definition) is 5. The molecule has 0 atom stereocenters. The molecule has 0 saturated carbocycles. The predicted molar refractivity (Wildman–Crippen MR) is 62.9 cm³/mol. The second-order valence-electron chi connectivity index (χ2n) is 3.83. The minimum Gasteiger partial charge on any atom is -0.394 e. The molecule has 5 nitrogen and oxygen atoms in total. The molecule has 1 aromatic rings. The van der Waals surface area contributed by atoms with E-state index in [9.17, 15) is 10.2 Å². The third kappa shape index (κ3) is 2.91. The SMILES string of the molecule is CCC(CO)(CO)Nc1cc(CN)ccn1. The van der Waals surface area contributed by atoms with Gasteiger partial charge in [-0.25, -0.2) is 4.98 Å². The Morgan fingerprint density at radius 3 is 2.62 bits per heavy atom. The summed E-state index contributed by atoms with van der Waals surface area (Å²) in [7, 11) is 0. The summed E-state index contributed by atoms with van der Waals surface area (Å²) in [5.74, 6) is 0.618. The van der Waals surface area contributed by atoms with Crippen LogP contribution in [0.5, 0.6) is 0 Å². The van der Waals surface area contributed by atoms with Crippen molar-refractivity contribution >= 4 is 5.82 Å². The van der Waals surface area contributed by atoms with Gasteiger partial charge in [0, 0.05) is 12.7 Å². The van der Waals surface area contributed by atoms with Gasteiger partial charge in [0.05, 0.1) is 18.8 Å². The van der Waals surface area contributed by atoms with Crippen LogP contribution >= 0.6 is 0 Å². The third-order valence-corrected chi connectivity index (χ3v) is 2.74. The standard InChI is InChI=1S/C11H19N3O2/c1-2-11(7-15,8-16)14-10-5-9(6-12)3-4-13-10/h3-5,15-16H,2,6-8,12H2,1H3,(H,13,14). The first kappa shape index (κ1) is 12.9. The van der Waals surface area contributed by atoms with E-state index in [1.54, 1.807) is 6.20 Å². The van der Waals surface area contributed by atoms with Crippen LogP contribution < -0.4 is 11.1 Å². The Balaban J connectivity index is 2.84. The molecule has 5 heteroatoms. The Bertz CT molecular complexity index is 318. The molecular weight excluding hydrogens is 206 g/mol. The first-order valence-electron chi connectivity index (χ1n) is 5.34. The molecule has 0 amide bonds. The largest absolute Gasteiger partial charge is 0.394 e. The van der Waals surface area contributed by atoms with Crippen LogP contribution in [0.2, 0.25) is 0 Å². The van der Waals surface area contributed by atoms with Crippen LogP contribution in [0, 0.1) is 0 Å². The lowest BCUT2D eigenvalue weighted by molar-refractivity contribution is 0.132. The van der Waals surface area contributed by atoms with Gasteiger partial charge in [-0.2, -0.15) is 0 Å². The highest BCUT2D eigenvalue weighted by Crippen LogP contribution is 2.17. The monoisotopic (exact) mass is 225 g/mol. The Morgan fingerprint density at radius 2 is 2.12 bits per heavy atom. The molecule has 1 heterocycles. The van der Waals surface area contributed by atoms with Gasteiger partial charge in [0.1, 0.15) is 5.82 Å². The molecule has 90 valence electrons. The molecular formula is C11H19N3O2. The fourth-order valence-corrected chi connectivity index (χ4v) is 1.38. The van der Waals surface area contributed by atoms with Crippen molar-refractivity contribution in [3.05, 3.63) is 23.9 Å². The fourth-order valence-electron chi connectivity index (χ4n) is 1.38. The molecule has 16 heavy (non-hydrogen) atoms. The highest BCUT2D eigenvalue weighted by molar-refractivity contribution is 5.40. The molecule has 0 unspecified atom stereocenters. The van der Waals surface area contributed by atoms with Crippen LogP contribution in [0.3, 0.4) is 0 Å². The summed E-state index contributed by atoms with van der Waals surface area (Å²) in [6, 6.07) is 3.65. The highest BCUT2D eigenvalue weighted by Gasteiger charge is 2.26. The van der Waals surface area contributed by atoms with Crippen molar-refractivity contribution in [3.8, 4) is 0 Å². The maximum Gasteiger partial charge on any atom is 0.126 e. The van der Waals surface area contributed by atoms with Gasteiger partial charge < -0.3 is 21.3 Å². The summed E-state index contributed by atoms with van der Waals surface area (Å²) in [5.41, 5.74) is 5.76. The highest BCUT2D eigenvalue weighted by atomic mass is 16.3. The van der Waals surface area contributed by atoms with Crippen molar-refractivity contribution in [3.63, 3.8) is 0 Å². The number of aromatic nitrogens is 1. The van der Waals surface area contributed by atoms with Crippen molar-refractivity contribution in [1.29, 1.82) is 0 Å². The van der Waals surface area contributed by atoms with Gasteiger partial charge in [-0.1, -0.05) is 6.92 Å². The zero-order valence-electron chi connectivity index (χ0n) is 9.48. The topological polar surface area (TPSA) is 91.4 Å². The maximum atomic E-state index is 9.29. The zero-order chi connectivity index (χ0) is 12.0.